The Bertz CT molecular complexity index is 392. The number of aromatic amines is 2. The number of aromatic nitrogens is 7. The second-order valence-corrected chi connectivity index (χ2v) is 2.49. The van der Waals surface area contributed by atoms with E-state index in [1.807, 2.05) is 6.92 Å². The average molecular weight is 461 g/mol. The number of aryl methyl sites for hydroxylation is 1. The molecule has 3 N–H and O–H groups in total. The van der Waals surface area contributed by atoms with E-state index in [0.717, 1.165) is 5.82 Å². The maximum absolute atomic E-state index is 10.3. The molecule has 0 aliphatic carbocycles. The van der Waals surface area contributed by atoms with E-state index in [1.165, 1.54) is 13.3 Å². The molecule has 1 amide bonds. The van der Waals surface area contributed by atoms with Crippen LogP contribution < -0.4 is 5.32 Å². The molecule has 0 bridgehead atoms. The Morgan fingerprint density at radius 3 is 2.39 bits per heavy atom. The van der Waals surface area contributed by atoms with Crippen LogP contribution in [-0.4, -0.2) is 41.7 Å². The van der Waals surface area contributed by atoms with Crippen molar-refractivity contribution in [2.24, 2.45) is 0 Å². The van der Waals surface area contributed by atoms with Gasteiger partial charge in [0, 0.05) is 46.5 Å². The monoisotopic (exact) mass is 461 g/mol. The Kier molecular flexibility index (Phi) is 15.3. The Balaban J connectivity index is -0.000000225. The molecule has 0 aliphatic rings. The molecular weight excluding hydrogens is 447 g/mol. The molecule has 99 valence electrons. The van der Waals surface area contributed by atoms with Crippen molar-refractivity contribution in [3.8, 4) is 0 Å². The van der Waals surface area contributed by atoms with Crippen LogP contribution in [0.25, 0.3) is 0 Å². The van der Waals surface area contributed by atoms with Gasteiger partial charge in [0.2, 0.25) is 5.91 Å². The third-order valence-corrected chi connectivity index (χ3v) is 1.17. The zero-order valence-corrected chi connectivity index (χ0v) is 13.4. The molecule has 1 radical (unpaired) electrons. The molecule has 2 aromatic heterocycles. The van der Waals surface area contributed by atoms with Crippen LogP contribution in [-0.2, 0) is 44.4 Å². The van der Waals surface area contributed by atoms with Crippen molar-refractivity contribution >= 4 is 11.9 Å². The number of H-pyrrole nitrogens is 2. The third-order valence-electron chi connectivity index (χ3n) is 1.17. The van der Waals surface area contributed by atoms with Crippen molar-refractivity contribution < 1.29 is 44.4 Å². The topological polar surface area (TPSA) is 125 Å². The predicted octanol–water partition coefficient (Wildman–Crippen LogP) is -0.0977. The number of nitrogens with zero attached hydrogens (tertiary/aromatic N) is 5. The first-order chi connectivity index (χ1) is 7.18. The van der Waals surface area contributed by atoms with Crippen molar-refractivity contribution in [2.75, 3.05) is 5.32 Å². The van der Waals surface area contributed by atoms with Gasteiger partial charge in [0.05, 0.1) is 0 Å². The fraction of sp³-hybridized carbons (Fsp3) is 0.429. The van der Waals surface area contributed by atoms with Crippen molar-refractivity contribution in [3.05, 3.63) is 12.2 Å². The first-order valence-electron chi connectivity index (χ1n) is 4.01. The maximum Gasteiger partial charge on any atom is 0.269 e. The number of carbonyl (C=O) groups excluding carboxylic acids is 1. The summed E-state index contributed by atoms with van der Waals surface area (Å²) in [5, 5.41) is 20.9. The number of anilines is 1. The minimum absolute atomic E-state index is 0. The molecule has 0 saturated carbocycles. The molecule has 2 heterocycles. The first-order valence-corrected chi connectivity index (χ1v) is 4.01. The molecule has 0 aromatic carbocycles. The van der Waals surface area contributed by atoms with E-state index >= 15 is 0 Å². The van der Waals surface area contributed by atoms with Crippen LogP contribution in [0, 0.1) is 6.92 Å². The number of hydrogen-bond acceptors (Lipinski definition) is 6. The van der Waals surface area contributed by atoms with E-state index in [2.05, 4.69) is 41.1 Å². The second-order valence-electron chi connectivity index (χ2n) is 2.49. The van der Waals surface area contributed by atoms with Crippen molar-refractivity contribution in [2.45, 2.75) is 21.3 Å². The minimum atomic E-state index is -0.212. The maximum atomic E-state index is 10.3. The van der Waals surface area contributed by atoms with Gasteiger partial charge in [-0.3, -0.25) is 15.2 Å². The molecule has 0 aliphatic heterocycles. The van der Waals surface area contributed by atoms with Crippen LogP contribution in [0.3, 0.4) is 0 Å². The van der Waals surface area contributed by atoms with Crippen LogP contribution in [0.1, 0.15) is 20.2 Å². The summed E-state index contributed by atoms with van der Waals surface area (Å²) in [6.07, 6.45) is 1.48. The zero-order chi connectivity index (χ0) is 11.1. The average Bonchev–Trinajstić information content (AvgIpc) is 2.78. The number of hydrogen-bond donors (Lipinski definition) is 3. The van der Waals surface area contributed by atoms with E-state index in [4.69, 9.17) is 0 Å². The molecule has 2 rings (SSSR count). The molecule has 9 nitrogen and oxygen atoms in total. The first kappa shape index (κ1) is 22.2. The van der Waals surface area contributed by atoms with Gasteiger partial charge in [-0.1, -0.05) is 12.5 Å². The van der Waals surface area contributed by atoms with Crippen LogP contribution in [0.2, 0.25) is 0 Å². The standard InChI is InChI=1S/C3H5N5O.C3H5N3.CH4.V.W/c1-2(9)4-3-5-7-8-6-3;1-3-4-2-5-6-3;;;/h1H3,(H2,4,5,6,7,8,9);2H,1H3,(H,4,5,6);1H4;;. The summed E-state index contributed by atoms with van der Waals surface area (Å²) in [5.74, 6) is 0.842. The van der Waals surface area contributed by atoms with Gasteiger partial charge in [0.25, 0.3) is 5.95 Å². The molecule has 0 fully saturated rings. The van der Waals surface area contributed by atoms with E-state index < -0.39 is 0 Å². The van der Waals surface area contributed by atoms with Gasteiger partial charge < -0.3 is 0 Å². The van der Waals surface area contributed by atoms with Gasteiger partial charge in [0.1, 0.15) is 12.2 Å². The van der Waals surface area contributed by atoms with E-state index in [-0.39, 0.29) is 58.9 Å². The number of nitrogens with one attached hydrogen (secondary N) is 3. The number of carbonyl (C=O) groups is 1. The molecule has 2 aromatic rings. The Morgan fingerprint density at radius 1 is 1.44 bits per heavy atom. The summed E-state index contributed by atoms with van der Waals surface area (Å²) >= 11 is 0. The summed E-state index contributed by atoms with van der Waals surface area (Å²) in [4.78, 5) is 14.0. The summed E-state index contributed by atoms with van der Waals surface area (Å²) in [6.45, 7) is 3.23. The van der Waals surface area contributed by atoms with Gasteiger partial charge >= 0.3 is 0 Å². The van der Waals surface area contributed by atoms with Crippen LogP contribution >= 0.6 is 0 Å². The Labute approximate surface area is 130 Å². The zero-order valence-electron chi connectivity index (χ0n) is 9.08. The van der Waals surface area contributed by atoms with Crippen LogP contribution in [0.15, 0.2) is 6.33 Å². The predicted molar refractivity (Wildman–Crippen MR) is 56.3 cm³/mol. The Hall–Kier alpha value is -1.05. The van der Waals surface area contributed by atoms with Gasteiger partial charge in [-0.2, -0.15) is 10.3 Å². The summed E-state index contributed by atoms with van der Waals surface area (Å²) in [7, 11) is 0. The smallest absolute Gasteiger partial charge is 0.269 e. The minimum Gasteiger partial charge on any atom is -0.292 e. The van der Waals surface area contributed by atoms with Crippen LogP contribution in [0.5, 0.6) is 0 Å². The van der Waals surface area contributed by atoms with Gasteiger partial charge in [0.15, 0.2) is 0 Å². The molecular formula is C7H14N8OVW. The van der Waals surface area contributed by atoms with Gasteiger partial charge in [-0.05, 0) is 12.1 Å². The largest absolute Gasteiger partial charge is 0.292 e. The number of tetrazole rings is 1. The Morgan fingerprint density at radius 2 is 2.11 bits per heavy atom. The van der Waals surface area contributed by atoms with Gasteiger partial charge in [-0.15, -0.1) is 5.10 Å². The summed E-state index contributed by atoms with van der Waals surface area (Å²) in [6, 6.07) is 0. The van der Waals surface area contributed by atoms with E-state index in [1.54, 1.807) is 0 Å². The van der Waals surface area contributed by atoms with Crippen molar-refractivity contribution in [1.29, 1.82) is 0 Å². The molecule has 0 unspecified atom stereocenters. The molecule has 0 spiro atoms. The fourth-order valence-corrected chi connectivity index (χ4v) is 0.639. The van der Waals surface area contributed by atoms with Crippen molar-refractivity contribution in [3.63, 3.8) is 0 Å². The van der Waals surface area contributed by atoms with E-state index in [0.29, 0.717) is 0 Å². The summed E-state index contributed by atoms with van der Waals surface area (Å²) in [5.41, 5.74) is 0. The number of amides is 1. The molecule has 0 atom stereocenters. The SMILES string of the molecule is C.CC(=O)Nc1nn[nH]n1.Cc1ncn[nH]1.[V].[W]. The van der Waals surface area contributed by atoms with Gasteiger partial charge in [-0.25, -0.2) is 4.98 Å². The molecule has 0 saturated heterocycles. The normalized spacial score (nSPS) is 7.44. The van der Waals surface area contributed by atoms with E-state index in [9.17, 15) is 4.79 Å². The quantitative estimate of drug-likeness (QED) is 0.545. The third kappa shape index (κ3) is 10.1. The fourth-order valence-electron chi connectivity index (χ4n) is 0.639. The molecule has 18 heavy (non-hydrogen) atoms. The number of rotatable bonds is 1. The summed E-state index contributed by atoms with van der Waals surface area (Å²) < 4.78 is 0. The molecule has 11 heteroatoms. The van der Waals surface area contributed by atoms with Crippen LogP contribution in [0.4, 0.5) is 5.95 Å². The second kappa shape index (κ2) is 12.4. The van der Waals surface area contributed by atoms with Crippen molar-refractivity contribution in [1.82, 2.24) is 35.8 Å².